The maximum Gasteiger partial charge on any atom is 0.345 e. The van der Waals surface area contributed by atoms with Gasteiger partial charge in [0.05, 0.1) is 0 Å². The Balaban J connectivity index is 2.97. The SMILES string of the molecule is CCCCCC(=O)O[O]. The fourth-order valence-corrected chi connectivity index (χ4v) is 0.561. The van der Waals surface area contributed by atoms with Gasteiger partial charge >= 0.3 is 5.97 Å². The van der Waals surface area contributed by atoms with Crippen LogP contribution in [0.3, 0.4) is 0 Å². The number of hydrogen-bond donors (Lipinski definition) is 0. The Morgan fingerprint density at radius 2 is 2.11 bits per heavy atom. The summed E-state index contributed by atoms with van der Waals surface area (Å²) in [7, 11) is 0. The Morgan fingerprint density at radius 3 is 2.56 bits per heavy atom. The third-order valence-corrected chi connectivity index (χ3v) is 1.08. The molecule has 0 aromatic rings. The zero-order valence-electron chi connectivity index (χ0n) is 5.55. The van der Waals surface area contributed by atoms with Crippen molar-refractivity contribution in [1.82, 2.24) is 0 Å². The average molecular weight is 131 g/mol. The third kappa shape index (κ3) is 5.30. The van der Waals surface area contributed by atoms with Gasteiger partial charge in [0.25, 0.3) is 0 Å². The van der Waals surface area contributed by atoms with Crippen LogP contribution in [0, 0.1) is 0 Å². The molecular weight excluding hydrogens is 120 g/mol. The summed E-state index contributed by atoms with van der Waals surface area (Å²) in [6, 6.07) is 0. The van der Waals surface area contributed by atoms with E-state index in [0.717, 1.165) is 19.3 Å². The van der Waals surface area contributed by atoms with Gasteiger partial charge < -0.3 is 0 Å². The van der Waals surface area contributed by atoms with Crippen LogP contribution in [-0.2, 0) is 14.9 Å². The summed E-state index contributed by atoms with van der Waals surface area (Å²) in [5.41, 5.74) is 0. The van der Waals surface area contributed by atoms with Gasteiger partial charge in [-0.3, -0.25) is 4.89 Å². The molecule has 0 spiro atoms. The van der Waals surface area contributed by atoms with Crippen LogP contribution >= 0.6 is 0 Å². The lowest BCUT2D eigenvalue weighted by Crippen LogP contribution is -1.98. The minimum Gasteiger partial charge on any atom is -0.266 e. The van der Waals surface area contributed by atoms with E-state index in [1.54, 1.807) is 0 Å². The summed E-state index contributed by atoms with van der Waals surface area (Å²) in [4.78, 5) is 13.4. The molecule has 0 amide bonds. The quantitative estimate of drug-likeness (QED) is 0.329. The molecule has 1 radical (unpaired) electrons. The van der Waals surface area contributed by atoms with Crippen molar-refractivity contribution in [3.63, 3.8) is 0 Å². The lowest BCUT2D eigenvalue weighted by atomic mass is 10.2. The van der Waals surface area contributed by atoms with Gasteiger partial charge in [-0.1, -0.05) is 19.8 Å². The molecule has 0 rings (SSSR count). The summed E-state index contributed by atoms with van der Waals surface area (Å²) >= 11 is 0. The molecule has 9 heavy (non-hydrogen) atoms. The van der Waals surface area contributed by atoms with Gasteiger partial charge in [0, 0.05) is 11.7 Å². The molecule has 0 atom stereocenters. The monoisotopic (exact) mass is 131 g/mol. The van der Waals surface area contributed by atoms with Crippen LogP contribution in [0.5, 0.6) is 0 Å². The molecule has 0 aliphatic carbocycles. The number of carbonyl (C=O) groups excluding carboxylic acids is 1. The Hall–Kier alpha value is -0.570. The largest absolute Gasteiger partial charge is 0.345 e. The van der Waals surface area contributed by atoms with Crippen molar-refractivity contribution >= 4 is 5.97 Å². The first-order valence-electron chi connectivity index (χ1n) is 3.14. The van der Waals surface area contributed by atoms with Gasteiger partial charge in [0.1, 0.15) is 0 Å². The van der Waals surface area contributed by atoms with Crippen molar-refractivity contribution in [2.45, 2.75) is 32.6 Å². The van der Waals surface area contributed by atoms with Crippen LogP contribution in [0.25, 0.3) is 0 Å². The van der Waals surface area contributed by atoms with Crippen molar-refractivity contribution < 1.29 is 14.9 Å². The minimum atomic E-state index is -0.650. The topological polar surface area (TPSA) is 46.2 Å². The fraction of sp³-hybridized carbons (Fsp3) is 0.833. The van der Waals surface area contributed by atoms with Crippen molar-refractivity contribution in [2.75, 3.05) is 0 Å². The van der Waals surface area contributed by atoms with Crippen LogP contribution in [0.4, 0.5) is 0 Å². The van der Waals surface area contributed by atoms with E-state index < -0.39 is 5.97 Å². The Labute approximate surface area is 54.6 Å². The highest BCUT2D eigenvalue weighted by Gasteiger charge is 1.99. The fourth-order valence-electron chi connectivity index (χ4n) is 0.561. The summed E-state index contributed by atoms with van der Waals surface area (Å²) in [5.74, 6) is -0.650. The van der Waals surface area contributed by atoms with E-state index in [0.29, 0.717) is 0 Å². The Bertz CT molecular complexity index is 80.4. The predicted molar refractivity (Wildman–Crippen MR) is 30.9 cm³/mol. The van der Waals surface area contributed by atoms with Crippen molar-refractivity contribution in [3.8, 4) is 0 Å². The lowest BCUT2D eigenvalue weighted by Gasteiger charge is -1.91. The Morgan fingerprint density at radius 1 is 1.44 bits per heavy atom. The summed E-state index contributed by atoms with van der Waals surface area (Å²) < 4.78 is 0. The number of carbonyl (C=O) groups is 1. The van der Waals surface area contributed by atoms with Crippen molar-refractivity contribution in [2.24, 2.45) is 0 Å². The molecular formula is C6H11O3. The first-order chi connectivity index (χ1) is 4.31. The van der Waals surface area contributed by atoms with Crippen LogP contribution in [-0.4, -0.2) is 5.97 Å². The average Bonchev–Trinajstić information content (AvgIpc) is 1.89. The zero-order valence-corrected chi connectivity index (χ0v) is 5.55. The van der Waals surface area contributed by atoms with Crippen molar-refractivity contribution in [1.29, 1.82) is 0 Å². The number of rotatable bonds is 4. The van der Waals surface area contributed by atoms with E-state index in [1.807, 2.05) is 6.92 Å². The van der Waals surface area contributed by atoms with E-state index in [9.17, 15) is 10.1 Å². The molecule has 0 aromatic carbocycles. The first-order valence-corrected chi connectivity index (χ1v) is 3.14. The standard InChI is InChI=1S/C6H11O3/c1-2-3-4-5-6(7)9-8/h2-5H2,1H3. The van der Waals surface area contributed by atoms with Crippen LogP contribution in [0.2, 0.25) is 0 Å². The molecule has 0 aromatic heterocycles. The van der Waals surface area contributed by atoms with Gasteiger partial charge in [-0.15, -0.1) is 0 Å². The molecule has 0 aliphatic rings. The van der Waals surface area contributed by atoms with E-state index in [2.05, 4.69) is 4.89 Å². The van der Waals surface area contributed by atoms with Gasteiger partial charge in [0.15, 0.2) is 0 Å². The summed E-state index contributed by atoms with van der Waals surface area (Å²) in [5, 5.41) is 9.37. The number of unbranched alkanes of at least 4 members (excludes halogenated alkanes) is 2. The predicted octanol–water partition coefficient (Wildman–Crippen LogP) is 1.46. The van der Waals surface area contributed by atoms with Gasteiger partial charge in [-0.2, -0.15) is 0 Å². The van der Waals surface area contributed by atoms with Crippen LogP contribution < -0.4 is 0 Å². The van der Waals surface area contributed by atoms with Gasteiger partial charge in [-0.05, 0) is 6.42 Å². The Kier molecular flexibility index (Phi) is 5.21. The normalized spacial score (nSPS) is 9.11. The molecule has 0 bridgehead atoms. The van der Waals surface area contributed by atoms with E-state index in [1.165, 1.54) is 0 Å². The van der Waals surface area contributed by atoms with E-state index in [4.69, 9.17) is 0 Å². The van der Waals surface area contributed by atoms with E-state index in [-0.39, 0.29) is 6.42 Å². The molecule has 0 saturated carbocycles. The van der Waals surface area contributed by atoms with Gasteiger partial charge in [0.2, 0.25) is 0 Å². The zero-order chi connectivity index (χ0) is 7.11. The summed E-state index contributed by atoms with van der Waals surface area (Å²) in [6.07, 6.45) is 3.05. The molecule has 0 heterocycles. The summed E-state index contributed by atoms with van der Waals surface area (Å²) in [6.45, 7) is 2.03. The van der Waals surface area contributed by atoms with Crippen LogP contribution in [0.1, 0.15) is 32.6 Å². The molecule has 53 valence electrons. The smallest absolute Gasteiger partial charge is 0.266 e. The van der Waals surface area contributed by atoms with E-state index >= 15 is 0 Å². The van der Waals surface area contributed by atoms with Gasteiger partial charge in [-0.25, -0.2) is 4.79 Å². The number of hydrogen-bond acceptors (Lipinski definition) is 2. The second-order valence-corrected chi connectivity index (χ2v) is 1.91. The highest BCUT2D eigenvalue weighted by Crippen LogP contribution is 1.99. The third-order valence-electron chi connectivity index (χ3n) is 1.08. The minimum absolute atomic E-state index is 0.261. The lowest BCUT2D eigenvalue weighted by molar-refractivity contribution is -0.278. The van der Waals surface area contributed by atoms with Crippen molar-refractivity contribution in [3.05, 3.63) is 0 Å². The molecule has 0 unspecified atom stereocenters. The first kappa shape index (κ1) is 8.43. The maximum atomic E-state index is 10.2. The molecule has 0 aliphatic heterocycles. The maximum absolute atomic E-state index is 10.2. The molecule has 3 nitrogen and oxygen atoms in total. The molecule has 0 fully saturated rings. The highest BCUT2D eigenvalue weighted by atomic mass is 17.1. The van der Waals surface area contributed by atoms with Crippen LogP contribution in [0.15, 0.2) is 0 Å². The molecule has 3 heteroatoms. The highest BCUT2D eigenvalue weighted by molar-refractivity contribution is 5.68. The second kappa shape index (κ2) is 5.56. The molecule has 0 saturated heterocycles. The molecule has 0 N–H and O–H groups in total. The second-order valence-electron chi connectivity index (χ2n) is 1.91.